The molecule has 128 valence electrons. The van der Waals surface area contributed by atoms with Gasteiger partial charge in [0.2, 0.25) is 5.78 Å². The third kappa shape index (κ3) is 2.93. The first-order chi connectivity index (χ1) is 12.0. The maximum atomic E-state index is 13.0. The van der Waals surface area contributed by atoms with Crippen LogP contribution >= 0.6 is 0 Å². The zero-order valence-electron chi connectivity index (χ0n) is 14.7. The van der Waals surface area contributed by atoms with Gasteiger partial charge in [-0.3, -0.25) is 14.6 Å². The van der Waals surface area contributed by atoms with Gasteiger partial charge < -0.3 is 9.47 Å². The zero-order valence-corrected chi connectivity index (χ0v) is 14.7. The number of methoxy groups -OCH3 is 2. The summed E-state index contributed by atoms with van der Waals surface area (Å²) < 4.78 is 10.6. The number of hydrogen-bond acceptors (Lipinski definition) is 5. The first kappa shape index (κ1) is 16.9. The Kier molecular flexibility index (Phi) is 4.40. The molecule has 0 spiro atoms. The van der Waals surface area contributed by atoms with Crippen molar-refractivity contribution in [3.05, 3.63) is 64.0 Å². The minimum atomic E-state index is -0.202. The lowest BCUT2D eigenvalue weighted by Gasteiger charge is -2.20. The van der Waals surface area contributed by atoms with Crippen molar-refractivity contribution in [1.29, 1.82) is 0 Å². The van der Waals surface area contributed by atoms with Crippen molar-refractivity contribution >= 4 is 11.6 Å². The van der Waals surface area contributed by atoms with Crippen LogP contribution in [0.4, 0.5) is 0 Å². The summed E-state index contributed by atoms with van der Waals surface area (Å²) in [4.78, 5) is 29.7. The number of aryl methyl sites for hydroxylation is 1. The highest BCUT2D eigenvalue weighted by atomic mass is 16.5. The summed E-state index contributed by atoms with van der Waals surface area (Å²) in [5.41, 5.74) is 3.14. The highest BCUT2D eigenvalue weighted by Gasteiger charge is 2.31. The van der Waals surface area contributed by atoms with Gasteiger partial charge in [-0.1, -0.05) is 0 Å². The van der Waals surface area contributed by atoms with E-state index in [1.165, 1.54) is 0 Å². The molecule has 25 heavy (non-hydrogen) atoms. The predicted octanol–water partition coefficient (Wildman–Crippen LogP) is 3.35. The fraction of sp³-hybridized carbons (Fsp3) is 0.250. The van der Waals surface area contributed by atoms with Crippen molar-refractivity contribution in [2.24, 2.45) is 0 Å². The maximum Gasteiger partial charge on any atom is 0.208 e. The third-order valence-electron chi connectivity index (χ3n) is 4.41. The monoisotopic (exact) mass is 337 g/mol. The molecule has 1 aromatic carbocycles. The fourth-order valence-electron chi connectivity index (χ4n) is 2.99. The molecule has 0 atom stereocenters. The van der Waals surface area contributed by atoms with Gasteiger partial charge in [0.25, 0.3) is 0 Å². The van der Waals surface area contributed by atoms with Gasteiger partial charge in [0.1, 0.15) is 17.2 Å². The summed E-state index contributed by atoms with van der Waals surface area (Å²) >= 11 is 0. The van der Waals surface area contributed by atoms with Crippen LogP contribution in [0.15, 0.2) is 41.6 Å². The Morgan fingerprint density at radius 3 is 2.44 bits per heavy atom. The maximum absolute atomic E-state index is 13.0. The molecule has 1 heterocycles. The number of nitrogens with zero attached hydrogens (tertiary/aromatic N) is 1. The number of benzene rings is 1. The highest BCUT2D eigenvalue weighted by molar-refractivity contribution is 6.26. The second-order valence-corrected chi connectivity index (χ2v) is 6.03. The van der Waals surface area contributed by atoms with E-state index in [0.717, 1.165) is 11.1 Å². The van der Waals surface area contributed by atoms with Gasteiger partial charge in [0.15, 0.2) is 5.78 Å². The first-order valence-corrected chi connectivity index (χ1v) is 7.93. The zero-order chi connectivity index (χ0) is 18.1. The molecule has 0 aliphatic heterocycles. The summed E-state index contributed by atoms with van der Waals surface area (Å²) in [5, 5.41) is 0. The number of pyridine rings is 1. The summed E-state index contributed by atoms with van der Waals surface area (Å²) in [5.74, 6) is 0.954. The average molecular weight is 337 g/mol. The van der Waals surface area contributed by atoms with Gasteiger partial charge in [-0.25, -0.2) is 0 Å². The number of rotatable bonds is 4. The minimum Gasteiger partial charge on any atom is -0.497 e. The molecule has 5 heteroatoms. The molecule has 1 aliphatic rings. The number of hydrogen-bond donors (Lipinski definition) is 0. The minimum absolute atomic E-state index is 0.159. The molecule has 3 rings (SSSR count). The number of fused-ring (bicyclic) bond motifs is 1. The second kappa shape index (κ2) is 6.51. The van der Waals surface area contributed by atoms with E-state index in [2.05, 4.69) is 4.98 Å². The highest BCUT2D eigenvalue weighted by Crippen LogP contribution is 2.32. The van der Waals surface area contributed by atoms with Crippen LogP contribution in [-0.2, 0) is 6.42 Å². The molecule has 1 aliphatic carbocycles. The van der Waals surface area contributed by atoms with Gasteiger partial charge in [0.05, 0.1) is 19.8 Å². The van der Waals surface area contributed by atoms with Crippen LogP contribution in [0, 0.1) is 6.92 Å². The van der Waals surface area contributed by atoms with Crippen LogP contribution in [-0.4, -0.2) is 30.8 Å². The van der Waals surface area contributed by atoms with Crippen LogP contribution in [0.5, 0.6) is 11.5 Å². The molecule has 0 radical (unpaired) electrons. The molecule has 0 saturated heterocycles. The van der Waals surface area contributed by atoms with Crippen molar-refractivity contribution in [2.75, 3.05) is 14.2 Å². The fourth-order valence-corrected chi connectivity index (χ4v) is 2.99. The summed E-state index contributed by atoms with van der Waals surface area (Å²) in [7, 11) is 3.15. The van der Waals surface area contributed by atoms with E-state index >= 15 is 0 Å². The smallest absolute Gasteiger partial charge is 0.208 e. The lowest BCUT2D eigenvalue weighted by molar-refractivity contribution is 0.0969. The SMILES string of the molecule is COc1ccc(OC)c(CC2=C(C)C(=O)c3ncc(C)cc3C2=O)c1. The van der Waals surface area contributed by atoms with E-state index in [9.17, 15) is 9.59 Å². The Bertz CT molecular complexity index is 912. The van der Waals surface area contributed by atoms with E-state index in [0.29, 0.717) is 34.6 Å². The van der Waals surface area contributed by atoms with E-state index < -0.39 is 0 Å². The number of carbonyl (C=O) groups excluding carboxylic acids is 2. The molecule has 2 aromatic rings. The van der Waals surface area contributed by atoms with Crippen LogP contribution in [0.2, 0.25) is 0 Å². The molecule has 1 aromatic heterocycles. The topological polar surface area (TPSA) is 65.5 Å². The summed E-state index contributed by atoms with van der Waals surface area (Å²) in [6.07, 6.45) is 1.90. The Morgan fingerprint density at radius 1 is 1.00 bits per heavy atom. The number of ketones is 2. The first-order valence-electron chi connectivity index (χ1n) is 7.93. The van der Waals surface area contributed by atoms with Gasteiger partial charge >= 0.3 is 0 Å². The van der Waals surface area contributed by atoms with Crippen molar-refractivity contribution in [2.45, 2.75) is 20.3 Å². The molecule has 0 saturated carbocycles. The Balaban J connectivity index is 2.07. The molecule has 0 bridgehead atoms. The van der Waals surface area contributed by atoms with E-state index in [4.69, 9.17) is 9.47 Å². The van der Waals surface area contributed by atoms with Crippen molar-refractivity contribution in [3.8, 4) is 11.5 Å². The molecule has 0 amide bonds. The van der Waals surface area contributed by atoms with Crippen molar-refractivity contribution in [3.63, 3.8) is 0 Å². The molecule has 0 N–H and O–H groups in total. The van der Waals surface area contributed by atoms with Gasteiger partial charge in [-0.15, -0.1) is 0 Å². The largest absolute Gasteiger partial charge is 0.497 e. The van der Waals surface area contributed by atoms with Crippen molar-refractivity contribution in [1.82, 2.24) is 4.98 Å². The number of allylic oxidation sites excluding steroid dienone is 2. The molecular formula is C20H19NO4. The van der Waals surface area contributed by atoms with Crippen LogP contribution in [0.25, 0.3) is 0 Å². The lowest BCUT2D eigenvalue weighted by Crippen LogP contribution is -2.23. The van der Waals surface area contributed by atoms with E-state index in [1.807, 2.05) is 13.0 Å². The van der Waals surface area contributed by atoms with E-state index in [1.54, 1.807) is 45.5 Å². The Hall–Kier alpha value is -2.95. The van der Waals surface area contributed by atoms with Gasteiger partial charge in [0, 0.05) is 29.3 Å². The van der Waals surface area contributed by atoms with E-state index in [-0.39, 0.29) is 17.3 Å². The van der Waals surface area contributed by atoms with Crippen LogP contribution in [0.3, 0.4) is 0 Å². The van der Waals surface area contributed by atoms with Gasteiger partial charge in [-0.2, -0.15) is 0 Å². The quantitative estimate of drug-likeness (QED) is 0.856. The van der Waals surface area contributed by atoms with Crippen LogP contribution < -0.4 is 9.47 Å². The average Bonchev–Trinajstić information content (AvgIpc) is 2.63. The second-order valence-electron chi connectivity index (χ2n) is 6.03. The summed E-state index contributed by atoms with van der Waals surface area (Å²) in [6.45, 7) is 3.52. The molecule has 0 fully saturated rings. The number of carbonyl (C=O) groups is 2. The van der Waals surface area contributed by atoms with Crippen molar-refractivity contribution < 1.29 is 19.1 Å². The lowest BCUT2D eigenvalue weighted by atomic mass is 9.84. The van der Waals surface area contributed by atoms with Gasteiger partial charge in [-0.05, 0) is 43.7 Å². The van der Waals surface area contributed by atoms with Crippen LogP contribution in [0.1, 0.15) is 38.9 Å². The predicted molar refractivity (Wildman–Crippen MR) is 93.6 cm³/mol. The number of Topliss-reactive ketones (excluding diaryl/α,β-unsaturated/α-hetero) is 2. The number of ether oxygens (including phenoxy) is 2. The number of aromatic nitrogens is 1. The standard InChI is InChI=1S/C20H19NO4/c1-11-7-16-18(21-10-11)19(22)12(2)15(20(16)23)9-13-8-14(24-3)5-6-17(13)25-4/h5-8,10H,9H2,1-4H3. The summed E-state index contributed by atoms with van der Waals surface area (Å²) in [6, 6.07) is 7.12. The molecule has 0 unspecified atom stereocenters. The molecule has 5 nitrogen and oxygen atoms in total. The third-order valence-corrected chi connectivity index (χ3v) is 4.41. The Morgan fingerprint density at radius 2 is 1.76 bits per heavy atom. The normalized spacial score (nSPS) is 13.8. The molecular weight excluding hydrogens is 318 g/mol. The Labute approximate surface area is 146 Å².